The van der Waals surface area contributed by atoms with Crippen molar-refractivity contribution in [2.24, 2.45) is 0 Å². The molecule has 3 rings (SSSR count). The lowest BCUT2D eigenvalue weighted by Gasteiger charge is -2.18. The first kappa shape index (κ1) is 33.4. The highest BCUT2D eigenvalue weighted by atomic mass is 35.5. The van der Waals surface area contributed by atoms with E-state index in [1.807, 2.05) is 0 Å². The summed E-state index contributed by atoms with van der Waals surface area (Å²) >= 11 is 6.17. The van der Waals surface area contributed by atoms with Gasteiger partial charge in [0.1, 0.15) is 18.1 Å². The molecule has 1 aliphatic heterocycles. The molecule has 228 valence electrons. The molecule has 0 spiro atoms. The smallest absolute Gasteiger partial charge is 0.335 e. The van der Waals surface area contributed by atoms with Crippen LogP contribution in [-0.4, -0.2) is 81.3 Å². The normalized spacial score (nSPS) is 23.1. The van der Waals surface area contributed by atoms with Gasteiger partial charge in [-0.15, -0.1) is 0 Å². The van der Waals surface area contributed by atoms with E-state index in [0.29, 0.717) is 17.9 Å². The zero-order valence-electron chi connectivity index (χ0n) is 22.8. The predicted molar refractivity (Wildman–Crippen MR) is 153 cm³/mol. The predicted octanol–water partition coefficient (Wildman–Crippen LogP) is 4.23. The Morgan fingerprint density at radius 1 is 0.975 bits per heavy atom. The number of anilines is 1. The van der Waals surface area contributed by atoms with Crippen LogP contribution in [0.25, 0.3) is 11.2 Å². The maximum absolute atomic E-state index is 12.2. The summed E-state index contributed by atoms with van der Waals surface area (Å²) in [6.07, 6.45) is 7.94. The Labute approximate surface area is 239 Å². The summed E-state index contributed by atoms with van der Waals surface area (Å²) in [5.41, 5.74) is 0.684. The SMILES string of the molecule is CCCCCCCCCCCCNc1nc(Cl)nc2c1ncn2[C@@H]1O[C@H](CCP(=O)(O)CP(=O)(O)O)C(O)[C@@H]1O. The maximum atomic E-state index is 12.2. The highest BCUT2D eigenvalue weighted by molar-refractivity contribution is 7.72. The van der Waals surface area contributed by atoms with Gasteiger partial charge in [-0.05, 0) is 24.4 Å². The quantitative estimate of drug-likeness (QED) is 0.0783. The van der Waals surface area contributed by atoms with Crippen molar-refractivity contribution in [2.75, 3.05) is 23.9 Å². The number of aliphatic hydroxyl groups excluding tert-OH is 2. The Bertz CT molecular complexity index is 1180. The summed E-state index contributed by atoms with van der Waals surface area (Å²) < 4.78 is 30.5. The molecule has 13 nitrogen and oxygen atoms in total. The van der Waals surface area contributed by atoms with Crippen molar-refractivity contribution in [3.8, 4) is 0 Å². The average Bonchev–Trinajstić information content (AvgIpc) is 3.40. The third kappa shape index (κ3) is 10.00. The maximum Gasteiger partial charge on any atom is 0.335 e. The minimum absolute atomic E-state index is 0.0388. The van der Waals surface area contributed by atoms with E-state index in [1.165, 1.54) is 62.3 Å². The number of aromatic nitrogens is 4. The van der Waals surface area contributed by atoms with Crippen molar-refractivity contribution < 1.29 is 38.8 Å². The van der Waals surface area contributed by atoms with Crippen LogP contribution in [-0.2, 0) is 13.9 Å². The van der Waals surface area contributed by atoms with Crippen LogP contribution in [0.5, 0.6) is 0 Å². The van der Waals surface area contributed by atoms with E-state index in [2.05, 4.69) is 27.2 Å². The number of unbranched alkanes of at least 4 members (excludes halogenated alkanes) is 9. The fourth-order valence-corrected chi connectivity index (χ4v) is 8.59. The second-order valence-corrected chi connectivity index (χ2v) is 15.4. The molecule has 0 saturated carbocycles. The van der Waals surface area contributed by atoms with Crippen LogP contribution in [0.15, 0.2) is 6.33 Å². The summed E-state index contributed by atoms with van der Waals surface area (Å²) in [7, 11) is -8.87. The second kappa shape index (κ2) is 15.4. The Balaban J connectivity index is 1.55. The molecule has 6 N–H and O–H groups in total. The van der Waals surface area contributed by atoms with E-state index >= 15 is 0 Å². The first-order chi connectivity index (χ1) is 18.9. The molecule has 0 amide bonds. The lowest BCUT2D eigenvalue weighted by Crippen LogP contribution is -2.32. The largest absolute Gasteiger partial charge is 0.388 e. The van der Waals surface area contributed by atoms with Gasteiger partial charge in [-0.25, -0.2) is 4.98 Å². The highest BCUT2D eigenvalue weighted by Gasteiger charge is 2.45. The molecule has 0 aromatic carbocycles. The van der Waals surface area contributed by atoms with Crippen molar-refractivity contribution in [3.05, 3.63) is 11.6 Å². The van der Waals surface area contributed by atoms with E-state index < -0.39 is 51.6 Å². The third-order valence-corrected chi connectivity index (χ3v) is 11.4. The van der Waals surface area contributed by atoms with Crippen molar-refractivity contribution >= 4 is 43.5 Å². The number of aliphatic hydroxyl groups is 2. The van der Waals surface area contributed by atoms with Gasteiger partial charge in [0, 0.05) is 12.7 Å². The molecule has 0 bridgehead atoms. The Hall–Kier alpha value is -1.14. The third-order valence-electron chi connectivity index (χ3n) is 7.00. The summed E-state index contributed by atoms with van der Waals surface area (Å²) in [4.78, 5) is 40.8. The van der Waals surface area contributed by atoms with E-state index in [0.717, 1.165) is 12.8 Å². The van der Waals surface area contributed by atoms with Gasteiger partial charge in [-0.2, -0.15) is 9.97 Å². The van der Waals surface area contributed by atoms with E-state index in [9.17, 15) is 24.2 Å². The van der Waals surface area contributed by atoms with Crippen molar-refractivity contribution in [3.63, 3.8) is 0 Å². The average molecular weight is 626 g/mol. The van der Waals surface area contributed by atoms with Gasteiger partial charge in [0.15, 0.2) is 23.2 Å². The summed E-state index contributed by atoms with van der Waals surface area (Å²) in [5.74, 6) is -0.724. The van der Waals surface area contributed by atoms with Gasteiger partial charge >= 0.3 is 7.60 Å². The zero-order valence-corrected chi connectivity index (χ0v) is 25.4. The van der Waals surface area contributed by atoms with Gasteiger partial charge in [0.25, 0.3) is 0 Å². The summed E-state index contributed by atoms with van der Waals surface area (Å²) in [5, 5.41) is 24.4. The number of halogens is 1. The highest BCUT2D eigenvalue weighted by Crippen LogP contribution is 2.55. The molecule has 40 heavy (non-hydrogen) atoms. The summed E-state index contributed by atoms with van der Waals surface area (Å²) in [6.45, 7) is 2.89. The number of hydrogen-bond donors (Lipinski definition) is 6. The van der Waals surface area contributed by atoms with Crippen molar-refractivity contribution in [1.29, 1.82) is 0 Å². The molecule has 1 fully saturated rings. The number of ether oxygens (including phenoxy) is 1. The van der Waals surface area contributed by atoms with Crippen LogP contribution < -0.4 is 5.32 Å². The topological polar surface area (TPSA) is 200 Å². The molecule has 5 atom stereocenters. The fourth-order valence-electron chi connectivity index (χ4n) is 4.90. The molecule has 2 unspecified atom stereocenters. The minimum Gasteiger partial charge on any atom is -0.388 e. The standard InChI is InChI=1S/C24H42ClN5O8P2/c1-2-3-4-5-6-7-8-9-10-11-13-26-21-18-22(29-24(25)28-21)30(15-27-18)23-20(32)19(31)17(38-23)12-14-39(33,34)16-40(35,36)37/h15,17,19-20,23,31-32H,2-14,16H2,1H3,(H,33,34)(H,26,28,29)(H2,35,36,37)/t17-,19?,20+,23-/m1/s1. The number of fused-ring (bicyclic) bond motifs is 1. The van der Waals surface area contributed by atoms with Gasteiger partial charge in [-0.3, -0.25) is 13.7 Å². The second-order valence-electron chi connectivity index (χ2n) is 10.5. The van der Waals surface area contributed by atoms with Gasteiger partial charge in [0.2, 0.25) is 12.7 Å². The van der Waals surface area contributed by atoms with Gasteiger partial charge in [0.05, 0.1) is 12.4 Å². The Morgan fingerprint density at radius 3 is 2.23 bits per heavy atom. The molecule has 1 aliphatic rings. The number of nitrogens with zero attached hydrogens (tertiary/aromatic N) is 4. The minimum atomic E-state index is -4.70. The molecule has 2 aromatic rings. The van der Waals surface area contributed by atoms with Crippen LogP contribution in [0.4, 0.5) is 5.82 Å². The van der Waals surface area contributed by atoms with E-state index in [4.69, 9.17) is 26.1 Å². The van der Waals surface area contributed by atoms with Crippen molar-refractivity contribution in [1.82, 2.24) is 19.5 Å². The van der Waals surface area contributed by atoms with Gasteiger partial charge in [-0.1, -0.05) is 64.7 Å². The molecular formula is C24H42ClN5O8P2. The Morgan fingerprint density at radius 2 is 1.60 bits per heavy atom. The van der Waals surface area contributed by atoms with Gasteiger partial charge < -0.3 is 34.9 Å². The molecule has 1 saturated heterocycles. The van der Waals surface area contributed by atoms with Crippen molar-refractivity contribution in [2.45, 2.75) is 102 Å². The van der Waals surface area contributed by atoms with Crippen LogP contribution >= 0.6 is 26.6 Å². The number of rotatable bonds is 18. The molecule has 0 radical (unpaired) electrons. The zero-order chi connectivity index (χ0) is 29.3. The number of imidazole rings is 1. The van der Waals surface area contributed by atoms with Crippen LogP contribution in [0.1, 0.15) is 83.8 Å². The molecular weight excluding hydrogens is 584 g/mol. The van der Waals surface area contributed by atoms with Crippen LogP contribution in [0.3, 0.4) is 0 Å². The fraction of sp³-hybridized carbons (Fsp3) is 0.792. The number of nitrogens with one attached hydrogen (secondary N) is 1. The summed E-state index contributed by atoms with van der Waals surface area (Å²) in [6, 6.07) is 0. The molecule has 2 aromatic heterocycles. The first-order valence-electron chi connectivity index (χ1n) is 13.9. The molecule has 16 heteroatoms. The van der Waals surface area contributed by atoms with Crippen LogP contribution in [0, 0.1) is 0 Å². The monoisotopic (exact) mass is 625 g/mol. The molecule has 3 heterocycles. The lowest BCUT2D eigenvalue weighted by atomic mass is 10.1. The van der Waals surface area contributed by atoms with E-state index in [-0.39, 0.29) is 17.4 Å². The van der Waals surface area contributed by atoms with E-state index in [1.54, 1.807) is 0 Å². The Kier molecular flexibility index (Phi) is 12.8. The number of hydrogen-bond acceptors (Lipinski definition) is 9. The van der Waals surface area contributed by atoms with Crippen LogP contribution in [0.2, 0.25) is 5.28 Å². The lowest BCUT2D eigenvalue weighted by molar-refractivity contribution is -0.0354. The first-order valence-corrected chi connectivity index (χ1v) is 18.1. The molecule has 0 aliphatic carbocycles.